The average molecular weight is 325 g/mol. The fourth-order valence-electron chi connectivity index (χ4n) is 2.77. The highest BCUT2D eigenvalue weighted by molar-refractivity contribution is 6.48. The van der Waals surface area contributed by atoms with Gasteiger partial charge in [0.25, 0.3) is 0 Å². The van der Waals surface area contributed by atoms with E-state index in [4.69, 9.17) is 10.7 Å². The van der Waals surface area contributed by atoms with Crippen molar-refractivity contribution in [2.45, 2.75) is 33.7 Å². The van der Waals surface area contributed by atoms with Gasteiger partial charge in [0.2, 0.25) is 5.82 Å². The Balaban J connectivity index is 1.92. The number of aromatic nitrogens is 3. The molecule has 3 rings (SSSR count). The number of benzene rings is 1. The standard InChI is InChI=1S/C17H23N7/c1-5-23(6-2)14-9-7-13(8-10-14)19-15-12(4)22-24-16(11(3)18)20-21-17(15)24/h7-11H,5-6,18H2,1-4H3. The van der Waals surface area contributed by atoms with Gasteiger partial charge in [0.15, 0.2) is 5.82 Å². The third-order valence-corrected chi connectivity index (χ3v) is 4.10. The molecule has 1 aliphatic rings. The molecule has 0 spiro atoms. The van der Waals surface area contributed by atoms with E-state index in [0.29, 0.717) is 11.6 Å². The predicted molar refractivity (Wildman–Crippen MR) is 97.3 cm³/mol. The summed E-state index contributed by atoms with van der Waals surface area (Å²) in [5, 5.41) is 12.8. The van der Waals surface area contributed by atoms with Crippen LogP contribution in [0.4, 0.5) is 11.4 Å². The maximum Gasteiger partial charge on any atom is 0.205 e. The van der Waals surface area contributed by atoms with Crippen LogP contribution in [0.5, 0.6) is 0 Å². The van der Waals surface area contributed by atoms with E-state index in [9.17, 15) is 0 Å². The molecule has 0 aliphatic carbocycles. The first-order valence-electron chi connectivity index (χ1n) is 8.26. The zero-order valence-corrected chi connectivity index (χ0v) is 14.6. The van der Waals surface area contributed by atoms with Crippen molar-refractivity contribution in [1.82, 2.24) is 14.9 Å². The first kappa shape index (κ1) is 16.3. The Morgan fingerprint density at radius 3 is 2.42 bits per heavy atom. The summed E-state index contributed by atoms with van der Waals surface area (Å²) in [5.41, 5.74) is 9.53. The lowest BCUT2D eigenvalue weighted by molar-refractivity contribution is 0.677. The van der Waals surface area contributed by atoms with Gasteiger partial charge in [-0.05, 0) is 52.0 Å². The summed E-state index contributed by atoms with van der Waals surface area (Å²) in [6.07, 6.45) is 0. The van der Waals surface area contributed by atoms with E-state index in [-0.39, 0.29) is 6.04 Å². The van der Waals surface area contributed by atoms with Crippen molar-refractivity contribution in [2.24, 2.45) is 15.8 Å². The lowest BCUT2D eigenvalue weighted by atomic mass is 10.2. The smallest absolute Gasteiger partial charge is 0.205 e. The zero-order chi connectivity index (χ0) is 17.3. The van der Waals surface area contributed by atoms with E-state index in [1.54, 1.807) is 4.68 Å². The minimum Gasteiger partial charge on any atom is -0.372 e. The number of aliphatic imine (C=N–C) groups is 1. The molecule has 0 saturated heterocycles. The minimum absolute atomic E-state index is 0.226. The highest BCUT2D eigenvalue weighted by atomic mass is 15.5. The second kappa shape index (κ2) is 6.52. The molecule has 0 radical (unpaired) electrons. The molecular formula is C17H23N7. The summed E-state index contributed by atoms with van der Waals surface area (Å²) in [7, 11) is 0. The van der Waals surface area contributed by atoms with E-state index >= 15 is 0 Å². The summed E-state index contributed by atoms with van der Waals surface area (Å²) in [5.74, 6) is 1.29. The van der Waals surface area contributed by atoms with Crippen LogP contribution in [0.3, 0.4) is 0 Å². The molecule has 24 heavy (non-hydrogen) atoms. The molecule has 7 heteroatoms. The number of hydrogen-bond donors (Lipinski definition) is 1. The molecule has 126 valence electrons. The van der Waals surface area contributed by atoms with E-state index in [2.05, 4.69) is 46.2 Å². The van der Waals surface area contributed by atoms with Crippen LogP contribution >= 0.6 is 0 Å². The van der Waals surface area contributed by atoms with Gasteiger partial charge in [0.1, 0.15) is 5.71 Å². The van der Waals surface area contributed by atoms with E-state index in [1.165, 1.54) is 5.69 Å². The fourth-order valence-corrected chi connectivity index (χ4v) is 2.77. The lowest BCUT2D eigenvalue weighted by Gasteiger charge is -2.20. The van der Waals surface area contributed by atoms with Gasteiger partial charge in [-0.25, -0.2) is 4.99 Å². The number of rotatable bonds is 5. The SMILES string of the molecule is CCN(CC)c1ccc(N=C2C(C)=Nn3c2nnc3C(C)N)cc1. The molecule has 0 fully saturated rings. The van der Waals surface area contributed by atoms with Gasteiger partial charge >= 0.3 is 0 Å². The van der Waals surface area contributed by atoms with Crippen LogP contribution in [-0.2, 0) is 0 Å². The summed E-state index contributed by atoms with van der Waals surface area (Å²) in [6, 6.07) is 7.98. The largest absolute Gasteiger partial charge is 0.372 e. The Labute approximate surface area is 141 Å². The molecule has 1 atom stereocenters. The molecule has 0 amide bonds. The highest BCUT2D eigenvalue weighted by Crippen LogP contribution is 2.23. The molecule has 2 aromatic rings. The van der Waals surface area contributed by atoms with E-state index in [1.807, 2.05) is 26.0 Å². The van der Waals surface area contributed by atoms with Crippen molar-refractivity contribution in [2.75, 3.05) is 18.0 Å². The van der Waals surface area contributed by atoms with Crippen molar-refractivity contribution < 1.29 is 0 Å². The Bertz CT molecular complexity index is 780. The number of anilines is 1. The number of hydrogen-bond acceptors (Lipinski definition) is 6. The van der Waals surface area contributed by atoms with Crippen LogP contribution in [0.1, 0.15) is 45.4 Å². The summed E-state index contributed by atoms with van der Waals surface area (Å²) in [6.45, 7) is 10.1. The van der Waals surface area contributed by atoms with Gasteiger partial charge < -0.3 is 10.6 Å². The van der Waals surface area contributed by atoms with Crippen LogP contribution in [0, 0.1) is 0 Å². The average Bonchev–Trinajstić information content (AvgIpc) is 3.10. The van der Waals surface area contributed by atoms with Crippen molar-refractivity contribution in [3.8, 4) is 0 Å². The van der Waals surface area contributed by atoms with Crippen molar-refractivity contribution in [1.29, 1.82) is 0 Å². The van der Waals surface area contributed by atoms with Gasteiger partial charge in [-0.1, -0.05) is 0 Å². The van der Waals surface area contributed by atoms with Crippen molar-refractivity contribution in [3.05, 3.63) is 35.9 Å². The van der Waals surface area contributed by atoms with Crippen LogP contribution in [0.2, 0.25) is 0 Å². The number of nitrogens with zero attached hydrogens (tertiary/aromatic N) is 6. The van der Waals surface area contributed by atoms with Gasteiger partial charge in [-0.15, -0.1) is 10.2 Å². The monoisotopic (exact) mass is 325 g/mol. The maximum absolute atomic E-state index is 5.91. The molecule has 1 unspecified atom stereocenters. The maximum atomic E-state index is 5.91. The molecule has 0 saturated carbocycles. The van der Waals surface area contributed by atoms with E-state index in [0.717, 1.165) is 30.2 Å². The minimum atomic E-state index is -0.226. The Morgan fingerprint density at radius 1 is 1.17 bits per heavy atom. The number of nitrogens with two attached hydrogens (primary N) is 1. The second-order valence-corrected chi connectivity index (χ2v) is 5.82. The zero-order valence-electron chi connectivity index (χ0n) is 14.6. The third-order valence-electron chi connectivity index (χ3n) is 4.10. The Morgan fingerprint density at radius 2 is 1.83 bits per heavy atom. The van der Waals surface area contributed by atoms with Crippen LogP contribution in [-0.4, -0.2) is 39.4 Å². The van der Waals surface area contributed by atoms with Gasteiger partial charge in [-0.2, -0.15) is 9.78 Å². The summed E-state index contributed by atoms with van der Waals surface area (Å²) in [4.78, 5) is 7.00. The Hall–Kier alpha value is -2.54. The second-order valence-electron chi connectivity index (χ2n) is 5.82. The molecule has 2 N–H and O–H groups in total. The van der Waals surface area contributed by atoms with E-state index < -0.39 is 0 Å². The first-order valence-corrected chi connectivity index (χ1v) is 8.26. The van der Waals surface area contributed by atoms with Crippen LogP contribution < -0.4 is 10.6 Å². The molecule has 0 bridgehead atoms. The quantitative estimate of drug-likeness (QED) is 0.915. The molecule has 2 heterocycles. The van der Waals surface area contributed by atoms with Gasteiger partial charge in [0, 0.05) is 18.8 Å². The summed E-state index contributed by atoms with van der Waals surface area (Å²) >= 11 is 0. The first-order chi connectivity index (χ1) is 11.5. The molecule has 1 aliphatic heterocycles. The number of fused-ring (bicyclic) bond motifs is 1. The van der Waals surface area contributed by atoms with Crippen LogP contribution in [0.15, 0.2) is 34.4 Å². The van der Waals surface area contributed by atoms with Crippen molar-refractivity contribution >= 4 is 22.8 Å². The van der Waals surface area contributed by atoms with Crippen LogP contribution in [0.25, 0.3) is 0 Å². The molecule has 1 aromatic heterocycles. The van der Waals surface area contributed by atoms with Gasteiger partial charge in [-0.3, -0.25) is 0 Å². The normalized spacial score (nSPS) is 16.2. The summed E-state index contributed by atoms with van der Waals surface area (Å²) < 4.78 is 1.68. The molecule has 1 aromatic carbocycles. The lowest BCUT2D eigenvalue weighted by Crippen LogP contribution is -2.21. The van der Waals surface area contributed by atoms with Gasteiger partial charge in [0.05, 0.1) is 17.4 Å². The molecular weight excluding hydrogens is 302 g/mol. The highest BCUT2D eigenvalue weighted by Gasteiger charge is 2.26. The Kier molecular flexibility index (Phi) is 4.44. The fraction of sp³-hybridized carbons (Fsp3) is 0.412. The molecule has 7 nitrogen and oxygen atoms in total. The predicted octanol–water partition coefficient (Wildman–Crippen LogP) is 2.50. The topological polar surface area (TPSA) is 84.7 Å². The van der Waals surface area contributed by atoms with Crippen molar-refractivity contribution in [3.63, 3.8) is 0 Å². The third kappa shape index (κ3) is 2.82.